The normalized spacial score (nSPS) is 20.9. The number of hydrogen-bond acceptors (Lipinski definition) is 3. The molecule has 2 aromatic rings. The third kappa shape index (κ3) is 4.20. The highest BCUT2D eigenvalue weighted by Crippen LogP contribution is 2.28. The molecule has 2 aromatic carbocycles. The first-order valence-corrected chi connectivity index (χ1v) is 8.90. The Morgan fingerprint density at radius 3 is 2.36 bits per heavy atom. The van der Waals surface area contributed by atoms with Gasteiger partial charge in [-0.2, -0.15) is 0 Å². The van der Waals surface area contributed by atoms with E-state index >= 15 is 0 Å². The number of carbonyl (C=O) groups is 1. The van der Waals surface area contributed by atoms with Gasteiger partial charge in [0.15, 0.2) is 0 Å². The molecule has 4 nitrogen and oxygen atoms in total. The van der Waals surface area contributed by atoms with E-state index in [1.165, 1.54) is 5.56 Å². The van der Waals surface area contributed by atoms with E-state index in [1.54, 1.807) is 4.90 Å². The molecular formula is C21H27N3O. The number of anilines is 1. The summed E-state index contributed by atoms with van der Waals surface area (Å²) in [5.41, 5.74) is 1.72. The van der Waals surface area contributed by atoms with E-state index in [0.717, 1.165) is 31.6 Å². The number of para-hydroxylation sites is 1. The van der Waals surface area contributed by atoms with E-state index in [4.69, 9.17) is 0 Å². The summed E-state index contributed by atoms with van der Waals surface area (Å²) < 4.78 is 0. The van der Waals surface area contributed by atoms with Crippen LogP contribution in [0.4, 0.5) is 5.69 Å². The zero-order valence-electron chi connectivity index (χ0n) is 15.1. The first-order chi connectivity index (χ1) is 12.1. The van der Waals surface area contributed by atoms with Gasteiger partial charge in [-0.25, -0.2) is 0 Å². The Balaban J connectivity index is 1.82. The molecule has 0 aliphatic carbocycles. The van der Waals surface area contributed by atoms with Gasteiger partial charge in [0.2, 0.25) is 5.91 Å². The Morgan fingerprint density at radius 2 is 1.72 bits per heavy atom. The quantitative estimate of drug-likeness (QED) is 0.910. The van der Waals surface area contributed by atoms with Crippen LogP contribution in [-0.2, 0) is 11.3 Å². The molecule has 0 aromatic heterocycles. The van der Waals surface area contributed by atoms with E-state index in [2.05, 4.69) is 34.5 Å². The van der Waals surface area contributed by atoms with Crippen LogP contribution in [-0.4, -0.2) is 48.4 Å². The highest BCUT2D eigenvalue weighted by molar-refractivity contribution is 5.89. The van der Waals surface area contributed by atoms with Gasteiger partial charge in [-0.1, -0.05) is 48.5 Å². The van der Waals surface area contributed by atoms with Gasteiger partial charge < -0.3 is 10.2 Å². The predicted molar refractivity (Wildman–Crippen MR) is 102 cm³/mol. The summed E-state index contributed by atoms with van der Waals surface area (Å²) in [6, 6.07) is 20.5. The lowest BCUT2D eigenvalue weighted by molar-refractivity contribution is -0.135. The molecular weight excluding hydrogens is 310 g/mol. The average molecular weight is 337 g/mol. The summed E-state index contributed by atoms with van der Waals surface area (Å²) in [5.74, 6) is 0.147. The number of carbonyl (C=O) groups excluding carboxylic acids is 1. The van der Waals surface area contributed by atoms with Crippen molar-refractivity contribution < 1.29 is 4.79 Å². The summed E-state index contributed by atoms with van der Waals surface area (Å²) in [6.07, 6.45) is 1.86. The maximum absolute atomic E-state index is 13.1. The van der Waals surface area contributed by atoms with Crippen LogP contribution in [0.15, 0.2) is 60.7 Å². The van der Waals surface area contributed by atoms with Crippen molar-refractivity contribution in [2.45, 2.75) is 24.9 Å². The van der Waals surface area contributed by atoms with Crippen molar-refractivity contribution in [1.29, 1.82) is 0 Å². The Labute approximate surface area is 150 Å². The van der Waals surface area contributed by atoms with Crippen LogP contribution in [0, 0.1) is 0 Å². The molecule has 1 saturated heterocycles. The lowest BCUT2D eigenvalue weighted by Gasteiger charge is -2.44. The lowest BCUT2D eigenvalue weighted by Crippen LogP contribution is -2.61. The fraction of sp³-hybridized carbons (Fsp3) is 0.381. The summed E-state index contributed by atoms with van der Waals surface area (Å²) in [4.78, 5) is 17.2. The number of amides is 1. The molecule has 25 heavy (non-hydrogen) atoms. The second-order valence-electron chi connectivity index (χ2n) is 7.07. The van der Waals surface area contributed by atoms with Crippen molar-refractivity contribution in [2.75, 3.05) is 32.5 Å². The molecule has 4 heteroatoms. The minimum atomic E-state index is -0.572. The zero-order chi connectivity index (χ0) is 17.7. The first-order valence-electron chi connectivity index (χ1n) is 8.90. The number of nitrogens with one attached hydrogen (secondary N) is 1. The zero-order valence-corrected chi connectivity index (χ0v) is 15.1. The molecule has 132 valence electrons. The van der Waals surface area contributed by atoms with Crippen LogP contribution in [0.5, 0.6) is 0 Å². The van der Waals surface area contributed by atoms with Crippen LogP contribution < -0.4 is 5.32 Å². The smallest absolute Gasteiger partial charge is 0.249 e. The Kier molecular flexibility index (Phi) is 5.39. The molecule has 3 rings (SSSR count). The summed E-state index contributed by atoms with van der Waals surface area (Å²) in [5, 5.41) is 3.56. The van der Waals surface area contributed by atoms with Crippen molar-refractivity contribution in [2.24, 2.45) is 0 Å². The van der Waals surface area contributed by atoms with Gasteiger partial charge in [0.05, 0.1) is 0 Å². The summed E-state index contributed by atoms with van der Waals surface area (Å²) >= 11 is 0. The van der Waals surface area contributed by atoms with Gasteiger partial charge in [0.25, 0.3) is 0 Å². The van der Waals surface area contributed by atoms with Gasteiger partial charge in [0, 0.05) is 32.9 Å². The molecule has 0 saturated carbocycles. The lowest BCUT2D eigenvalue weighted by atomic mass is 9.86. The maximum atomic E-state index is 13.1. The minimum absolute atomic E-state index is 0.147. The molecule has 0 bridgehead atoms. The summed E-state index contributed by atoms with van der Waals surface area (Å²) in [7, 11) is 3.68. The van der Waals surface area contributed by atoms with Crippen LogP contribution in [0.1, 0.15) is 18.4 Å². The maximum Gasteiger partial charge on any atom is 0.249 e. The fourth-order valence-electron chi connectivity index (χ4n) is 3.68. The Bertz CT molecular complexity index is 687. The number of rotatable bonds is 5. The number of piperidine rings is 1. The van der Waals surface area contributed by atoms with Gasteiger partial charge in [-0.15, -0.1) is 0 Å². The second-order valence-corrected chi connectivity index (χ2v) is 7.07. The van der Waals surface area contributed by atoms with Crippen LogP contribution in [0.25, 0.3) is 0 Å². The molecule has 1 heterocycles. The first kappa shape index (κ1) is 17.5. The van der Waals surface area contributed by atoms with Crippen molar-refractivity contribution in [3.8, 4) is 0 Å². The number of likely N-dealkylation sites (N-methyl/N-ethyl adjacent to an activating group) is 1. The van der Waals surface area contributed by atoms with E-state index in [-0.39, 0.29) is 5.91 Å². The van der Waals surface area contributed by atoms with E-state index in [1.807, 2.05) is 50.5 Å². The molecule has 1 amide bonds. The van der Waals surface area contributed by atoms with Crippen LogP contribution in [0.2, 0.25) is 0 Å². The van der Waals surface area contributed by atoms with E-state index in [9.17, 15) is 4.79 Å². The van der Waals surface area contributed by atoms with Gasteiger partial charge in [0.1, 0.15) is 5.54 Å². The van der Waals surface area contributed by atoms with Gasteiger partial charge >= 0.3 is 0 Å². The molecule has 1 aliphatic heterocycles. The van der Waals surface area contributed by atoms with Gasteiger partial charge in [-0.3, -0.25) is 9.69 Å². The number of nitrogens with zero attached hydrogens (tertiary/aromatic N) is 2. The number of likely N-dealkylation sites (tertiary alicyclic amines) is 1. The number of hydrogen-bond donors (Lipinski definition) is 1. The highest BCUT2D eigenvalue weighted by atomic mass is 16.2. The number of benzene rings is 2. The molecule has 1 N–H and O–H groups in total. The van der Waals surface area contributed by atoms with Crippen molar-refractivity contribution in [1.82, 2.24) is 9.80 Å². The third-order valence-electron chi connectivity index (χ3n) is 4.79. The standard InChI is InChI=1S/C21H27N3O/c1-23(2)20(25)21(22-19-12-7-4-8-13-19)14-9-15-24(17-21)16-18-10-5-3-6-11-18/h3-8,10-13,22H,9,14-17H2,1-2H3. The Morgan fingerprint density at radius 1 is 1.08 bits per heavy atom. The molecule has 0 spiro atoms. The van der Waals surface area contributed by atoms with Crippen molar-refractivity contribution in [3.05, 3.63) is 66.2 Å². The molecule has 1 atom stereocenters. The van der Waals surface area contributed by atoms with Crippen LogP contribution in [0.3, 0.4) is 0 Å². The van der Waals surface area contributed by atoms with Crippen molar-refractivity contribution >= 4 is 11.6 Å². The average Bonchev–Trinajstić information content (AvgIpc) is 2.63. The third-order valence-corrected chi connectivity index (χ3v) is 4.79. The molecule has 1 aliphatic rings. The van der Waals surface area contributed by atoms with E-state index < -0.39 is 5.54 Å². The van der Waals surface area contributed by atoms with Crippen molar-refractivity contribution in [3.63, 3.8) is 0 Å². The summed E-state index contributed by atoms with van der Waals surface area (Å²) in [6.45, 7) is 2.61. The predicted octanol–water partition coefficient (Wildman–Crippen LogP) is 3.22. The SMILES string of the molecule is CN(C)C(=O)C1(Nc2ccccc2)CCCN(Cc2ccccc2)C1. The molecule has 0 radical (unpaired) electrons. The largest absolute Gasteiger partial charge is 0.370 e. The molecule has 1 fully saturated rings. The fourth-order valence-corrected chi connectivity index (χ4v) is 3.68. The topological polar surface area (TPSA) is 35.6 Å². The second kappa shape index (κ2) is 7.70. The molecule has 1 unspecified atom stereocenters. The highest BCUT2D eigenvalue weighted by Gasteiger charge is 2.43. The Hall–Kier alpha value is -2.33. The van der Waals surface area contributed by atoms with E-state index in [0.29, 0.717) is 6.54 Å². The minimum Gasteiger partial charge on any atom is -0.370 e. The van der Waals surface area contributed by atoms with Crippen LogP contribution >= 0.6 is 0 Å². The monoisotopic (exact) mass is 337 g/mol. The van der Waals surface area contributed by atoms with Gasteiger partial charge in [-0.05, 0) is 37.1 Å².